The zero-order chi connectivity index (χ0) is 15.8. The third-order valence-electron chi connectivity index (χ3n) is 3.11. The van der Waals surface area contributed by atoms with Crippen LogP contribution in [0, 0.1) is 5.92 Å². The normalized spacial score (nSPS) is 10.7. The quantitative estimate of drug-likeness (QED) is 0.570. The van der Waals surface area contributed by atoms with E-state index in [1.807, 2.05) is 6.07 Å². The molecule has 0 spiro atoms. The molecule has 1 aromatic rings. The van der Waals surface area contributed by atoms with Crippen LogP contribution in [0.4, 0.5) is 11.4 Å². The molecule has 0 atom stereocenters. The molecule has 5 nitrogen and oxygen atoms in total. The lowest BCUT2D eigenvalue weighted by Crippen LogP contribution is -2.21. The summed E-state index contributed by atoms with van der Waals surface area (Å²) in [7, 11) is 3.44. The average molecular weight is 293 g/mol. The summed E-state index contributed by atoms with van der Waals surface area (Å²) < 4.78 is 5.54. The number of carbonyl (C=O) groups is 1. The van der Waals surface area contributed by atoms with Gasteiger partial charge in [-0.3, -0.25) is 4.79 Å². The molecule has 118 valence electrons. The van der Waals surface area contributed by atoms with Gasteiger partial charge in [0.1, 0.15) is 0 Å². The van der Waals surface area contributed by atoms with Gasteiger partial charge in [0.15, 0.2) is 0 Å². The first kappa shape index (κ1) is 17.3. The maximum absolute atomic E-state index is 11.8. The number of hydrogen-bond acceptors (Lipinski definition) is 4. The minimum atomic E-state index is -0.0507. The lowest BCUT2D eigenvalue weighted by molar-refractivity contribution is 0.0827. The third kappa shape index (κ3) is 6.04. The summed E-state index contributed by atoms with van der Waals surface area (Å²) in [6, 6.07) is 5.31. The van der Waals surface area contributed by atoms with Crippen LogP contribution in [0.2, 0.25) is 0 Å². The Morgan fingerprint density at radius 2 is 2.05 bits per heavy atom. The van der Waals surface area contributed by atoms with Crippen molar-refractivity contribution in [3.05, 3.63) is 23.8 Å². The largest absolute Gasteiger partial charge is 0.397 e. The van der Waals surface area contributed by atoms with Gasteiger partial charge in [-0.1, -0.05) is 13.8 Å². The minimum Gasteiger partial charge on any atom is -0.397 e. The van der Waals surface area contributed by atoms with E-state index in [1.165, 1.54) is 4.90 Å². The first-order chi connectivity index (χ1) is 9.91. The van der Waals surface area contributed by atoms with Crippen LogP contribution in [0.3, 0.4) is 0 Å². The van der Waals surface area contributed by atoms with Crippen LogP contribution in [0.1, 0.15) is 30.6 Å². The number of hydrogen-bond donors (Lipinski definition) is 2. The summed E-state index contributed by atoms with van der Waals surface area (Å²) >= 11 is 0. The smallest absolute Gasteiger partial charge is 0.253 e. The second-order valence-corrected chi connectivity index (χ2v) is 5.72. The molecule has 0 heterocycles. The molecule has 0 aromatic heterocycles. The van der Waals surface area contributed by atoms with Crippen LogP contribution in [-0.4, -0.2) is 44.7 Å². The van der Waals surface area contributed by atoms with Crippen LogP contribution >= 0.6 is 0 Å². The number of ether oxygens (including phenoxy) is 1. The Kier molecular flexibility index (Phi) is 7.02. The van der Waals surface area contributed by atoms with Crippen LogP contribution in [0.5, 0.6) is 0 Å². The summed E-state index contributed by atoms with van der Waals surface area (Å²) in [5.74, 6) is 0.612. The van der Waals surface area contributed by atoms with Gasteiger partial charge in [-0.05, 0) is 30.5 Å². The Morgan fingerprint density at radius 1 is 1.33 bits per heavy atom. The van der Waals surface area contributed by atoms with E-state index in [2.05, 4.69) is 19.2 Å². The fourth-order valence-electron chi connectivity index (χ4n) is 1.79. The topological polar surface area (TPSA) is 67.6 Å². The molecule has 1 amide bonds. The van der Waals surface area contributed by atoms with E-state index >= 15 is 0 Å². The number of nitrogens with one attached hydrogen (secondary N) is 1. The maximum atomic E-state index is 11.8. The standard InChI is InChI=1S/C16H27N3O2/c1-12(2)7-9-21-10-8-18-15-6-5-13(11-14(15)17)16(20)19(3)4/h5-6,11-12,18H,7-10,17H2,1-4H3. The molecule has 1 aromatic carbocycles. The first-order valence-electron chi connectivity index (χ1n) is 7.34. The summed E-state index contributed by atoms with van der Waals surface area (Å²) in [6.07, 6.45) is 1.07. The number of carbonyl (C=O) groups excluding carboxylic acids is 1. The van der Waals surface area contributed by atoms with Crippen molar-refractivity contribution in [2.45, 2.75) is 20.3 Å². The van der Waals surface area contributed by atoms with Gasteiger partial charge in [0.25, 0.3) is 5.91 Å². The Morgan fingerprint density at radius 3 is 2.62 bits per heavy atom. The fourth-order valence-corrected chi connectivity index (χ4v) is 1.79. The lowest BCUT2D eigenvalue weighted by Gasteiger charge is -2.13. The van der Waals surface area contributed by atoms with Gasteiger partial charge in [0.2, 0.25) is 0 Å². The molecule has 0 saturated carbocycles. The molecule has 0 fully saturated rings. The highest BCUT2D eigenvalue weighted by atomic mass is 16.5. The van der Waals surface area contributed by atoms with E-state index in [4.69, 9.17) is 10.5 Å². The molecule has 0 bridgehead atoms. The summed E-state index contributed by atoms with van der Waals surface area (Å²) in [5, 5.41) is 3.22. The van der Waals surface area contributed by atoms with Crippen molar-refractivity contribution in [1.29, 1.82) is 0 Å². The van der Waals surface area contributed by atoms with Crippen molar-refractivity contribution in [3.63, 3.8) is 0 Å². The van der Waals surface area contributed by atoms with Crippen molar-refractivity contribution in [3.8, 4) is 0 Å². The fraction of sp³-hybridized carbons (Fsp3) is 0.562. The van der Waals surface area contributed by atoms with Crippen molar-refractivity contribution in [2.75, 3.05) is 44.9 Å². The number of nitrogen functional groups attached to an aromatic ring is 1. The van der Waals surface area contributed by atoms with Gasteiger partial charge in [-0.2, -0.15) is 0 Å². The minimum absolute atomic E-state index is 0.0507. The van der Waals surface area contributed by atoms with E-state index in [-0.39, 0.29) is 5.91 Å². The highest BCUT2D eigenvalue weighted by Gasteiger charge is 2.09. The zero-order valence-electron chi connectivity index (χ0n) is 13.5. The number of nitrogens with two attached hydrogens (primary N) is 1. The van der Waals surface area contributed by atoms with Crippen LogP contribution < -0.4 is 11.1 Å². The van der Waals surface area contributed by atoms with Gasteiger partial charge in [-0.25, -0.2) is 0 Å². The molecular formula is C16H27N3O2. The summed E-state index contributed by atoms with van der Waals surface area (Å²) in [4.78, 5) is 13.4. The number of amides is 1. The highest BCUT2D eigenvalue weighted by Crippen LogP contribution is 2.20. The van der Waals surface area contributed by atoms with Gasteiger partial charge in [-0.15, -0.1) is 0 Å². The molecule has 1 rings (SSSR count). The molecular weight excluding hydrogens is 266 g/mol. The third-order valence-corrected chi connectivity index (χ3v) is 3.11. The molecule has 0 aliphatic rings. The Balaban J connectivity index is 2.41. The van der Waals surface area contributed by atoms with E-state index in [1.54, 1.807) is 26.2 Å². The van der Waals surface area contributed by atoms with E-state index in [9.17, 15) is 4.79 Å². The molecule has 0 unspecified atom stereocenters. The first-order valence-corrected chi connectivity index (χ1v) is 7.34. The molecule has 3 N–H and O–H groups in total. The molecule has 0 aliphatic heterocycles. The van der Waals surface area contributed by atoms with Crippen molar-refractivity contribution < 1.29 is 9.53 Å². The molecule has 0 radical (unpaired) electrons. The molecule has 0 saturated heterocycles. The van der Waals surface area contributed by atoms with Crippen LogP contribution in [-0.2, 0) is 4.74 Å². The Labute approximate surface area is 127 Å². The maximum Gasteiger partial charge on any atom is 0.253 e. The monoisotopic (exact) mass is 293 g/mol. The van der Waals surface area contributed by atoms with Crippen molar-refractivity contribution in [2.24, 2.45) is 5.92 Å². The molecule has 21 heavy (non-hydrogen) atoms. The number of anilines is 2. The Hall–Kier alpha value is -1.75. The predicted molar refractivity (Wildman–Crippen MR) is 87.6 cm³/mol. The van der Waals surface area contributed by atoms with Crippen LogP contribution in [0.25, 0.3) is 0 Å². The van der Waals surface area contributed by atoms with Gasteiger partial charge >= 0.3 is 0 Å². The van der Waals surface area contributed by atoms with Crippen LogP contribution in [0.15, 0.2) is 18.2 Å². The van der Waals surface area contributed by atoms with Crippen molar-refractivity contribution in [1.82, 2.24) is 4.90 Å². The second kappa shape index (κ2) is 8.52. The van der Waals surface area contributed by atoms with Gasteiger partial charge in [0.05, 0.1) is 18.0 Å². The summed E-state index contributed by atoms with van der Waals surface area (Å²) in [5.41, 5.74) is 7.96. The highest BCUT2D eigenvalue weighted by molar-refractivity contribution is 5.95. The average Bonchev–Trinajstić information content (AvgIpc) is 2.42. The second-order valence-electron chi connectivity index (χ2n) is 5.72. The van der Waals surface area contributed by atoms with Crippen molar-refractivity contribution >= 4 is 17.3 Å². The van der Waals surface area contributed by atoms with E-state index in [0.717, 1.165) is 18.7 Å². The SMILES string of the molecule is CC(C)CCOCCNc1ccc(C(=O)N(C)C)cc1N. The molecule has 5 heteroatoms. The Bertz CT molecular complexity index is 459. The predicted octanol–water partition coefficient (Wildman–Crippen LogP) is 2.45. The molecule has 0 aliphatic carbocycles. The van der Waals surface area contributed by atoms with Gasteiger partial charge in [0, 0.05) is 32.8 Å². The van der Waals surface area contributed by atoms with E-state index in [0.29, 0.717) is 30.3 Å². The number of nitrogens with zero attached hydrogens (tertiary/aromatic N) is 1. The summed E-state index contributed by atoms with van der Waals surface area (Å²) in [6.45, 7) is 6.48. The number of benzene rings is 1. The number of rotatable bonds is 8. The zero-order valence-corrected chi connectivity index (χ0v) is 13.5. The lowest BCUT2D eigenvalue weighted by atomic mass is 10.1. The van der Waals surface area contributed by atoms with E-state index < -0.39 is 0 Å². The van der Waals surface area contributed by atoms with Gasteiger partial charge < -0.3 is 20.7 Å².